The minimum Gasteiger partial charge on any atom is -0.300 e. The van der Waals surface area contributed by atoms with Gasteiger partial charge >= 0.3 is 0 Å². The molecule has 0 aliphatic heterocycles. The van der Waals surface area contributed by atoms with E-state index < -0.39 is 0 Å². The minimum absolute atomic E-state index is 0.449. The predicted octanol–water partition coefficient (Wildman–Crippen LogP) is 4.60. The molecular weight excluding hydrogens is 196 g/mol. The molecule has 0 bridgehead atoms. The Morgan fingerprint density at radius 3 is 2.56 bits per heavy atom. The van der Waals surface area contributed by atoms with Crippen LogP contribution in [-0.4, -0.2) is 5.78 Å². The summed E-state index contributed by atoms with van der Waals surface area (Å²) in [5, 5.41) is 0. The van der Waals surface area contributed by atoms with E-state index in [2.05, 4.69) is 27.7 Å². The summed E-state index contributed by atoms with van der Waals surface area (Å²) in [4.78, 5) is 11.6. The Hall–Kier alpha value is -0.330. The van der Waals surface area contributed by atoms with E-state index in [1.165, 1.54) is 19.3 Å². The zero-order valence-corrected chi connectivity index (χ0v) is 11.5. The fourth-order valence-corrected chi connectivity index (χ4v) is 3.43. The topological polar surface area (TPSA) is 17.1 Å². The van der Waals surface area contributed by atoms with Crippen LogP contribution in [0.2, 0.25) is 0 Å². The summed E-state index contributed by atoms with van der Waals surface area (Å²) >= 11 is 0. The largest absolute Gasteiger partial charge is 0.300 e. The highest BCUT2D eigenvalue weighted by atomic mass is 16.1. The lowest BCUT2D eigenvalue weighted by molar-refractivity contribution is -0.119. The summed E-state index contributed by atoms with van der Waals surface area (Å²) in [5.74, 6) is 2.02. The lowest BCUT2D eigenvalue weighted by Gasteiger charge is -2.43. The second kappa shape index (κ2) is 5.84. The third kappa shape index (κ3) is 3.61. The monoisotopic (exact) mass is 224 g/mol. The van der Waals surface area contributed by atoms with Gasteiger partial charge in [0.05, 0.1) is 0 Å². The molecule has 0 aromatic carbocycles. The lowest BCUT2D eigenvalue weighted by atomic mass is 9.62. The van der Waals surface area contributed by atoms with Crippen molar-refractivity contribution < 1.29 is 4.79 Å². The highest BCUT2D eigenvalue weighted by Gasteiger charge is 2.36. The van der Waals surface area contributed by atoms with Gasteiger partial charge in [0.25, 0.3) is 0 Å². The normalized spacial score (nSPS) is 29.0. The van der Waals surface area contributed by atoms with Gasteiger partial charge in [0, 0.05) is 12.8 Å². The lowest BCUT2D eigenvalue weighted by Crippen LogP contribution is -2.34. The molecule has 0 N–H and O–H groups in total. The SMILES string of the molecule is CCCC(=O)CC[C@@H]1C(C)CCCC1(C)C. The first kappa shape index (κ1) is 13.7. The Bertz CT molecular complexity index is 230. The number of hydrogen-bond donors (Lipinski definition) is 0. The zero-order chi connectivity index (χ0) is 12.2. The molecule has 0 aromatic heterocycles. The Morgan fingerprint density at radius 2 is 2.00 bits per heavy atom. The van der Waals surface area contributed by atoms with E-state index in [1.54, 1.807) is 0 Å². The standard InChI is InChI=1S/C15H28O/c1-5-7-13(16)9-10-14-12(2)8-6-11-15(14,3)4/h12,14H,5-11H2,1-4H3/t12?,14-/m1/s1. The van der Waals surface area contributed by atoms with Gasteiger partial charge in [0.15, 0.2) is 0 Å². The molecule has 1 aliphatic carbocycles. The van der Waals surface area contributed by atoms with Gasteiger partial charge in [0.2, 0.25) is 0 Å². The quantitative estimate of drug-likeness (QED) is 0.667. The van der Waals surface area contributed by atoms with Crippen molar-refractivity contribution in [3.05, 3.63) is 0 Å². The second-order valence-corrected chi connectivity index (χ2v) is 6.29. The molecular formula is C15H28O. The first-order valence-electron chi connectivity index (χ1n) is 6.99. The summed E-state index contributed by atoms with van der Waals surface area (Å²) in [6, 6.07) is 0. The zero-order valence-electron chi connectivity index (χ0n) is 11.5. The van der Waals surface area contributed by atoms with Gasteiger partial charge in [-0.1, -0.05) is 40.5 Å². The van der Waals surface area contributed by atoms with Crippen LogP contribution < -0.4 is 0 Å². The van der Waals surface area contributed by atoms with Crippen molar-refractivity contribution in [2.24, 2.45) is 17.3 Å². The van der Waals surface area contributed by atoms with E-state index in [0.29, 0.717) is 11.2 Å². The fraction of sp³-hybridized carbons (Fsp3) is 0.933. The smallest absolute Gasteiger partial charge is 0.132 e. The van der Waals surface area contributed by atoms with Crippen LogP contribution >= 0.6 is 0 Å². The summed E-state index contributed by atoms with van der Waals surface area (Å²) in [6.07, 6.45) is 7.77. The highest BCUT2D eigenvalue weighted by Crippen LogP contribution is 2.46. The third-order valence-electron chi connectivity index (χ3n) is 4.43. The Balaban J connectivity index is 2.46. The summed E-state index contributed by atoms with van der Waals surface area (Å²) < 4.78 is 0. The summed E-state index contributed by atoms with van der Waals surface area (Å²) in [7, 11) is 0. The first-order valence-corrected chi connectivity index (χ1v) is 6.99. The Kier molecular flexibility index (Phi) is 5.01. The van der Waals surface area contributed by atoms with Crippen LogP contribution in [0.3, 0.4) is 0 Å². The molecule has 0 aromatic rings. The molecule has 0 spiro atoms. The van der Waals surface area contributed by atoms with Crippen LogP contribution in [-0.2, 0) is 4.79 Å². The number of hydrogen-bond acceptors (Lipinski definition) is 1. The third-order valence-corrected chi connectivity index (χ3v) is 4.43. The molecule has 1 fully saturated rings. The van der Waals surface area contributed by atoms with E-state index in [4.69, 9.17) is 0 Å². The van der Waals surface area contributed by atoms with Gasteiger partial charge in [0.1, 0.15) is 5.78 Å². The van der Waals surface area contributed by atoms with Crippen molar-refractivity contribution in [2.45, 2.75) is 72.6 Å². The molecule has 16 heavy (non-hydrogen) atoms. The molecule has 1 heteroatoms. The average molecular weight is 224 g/mol. The van der Waals surface area contributed by atoms with Crippen LogP contribution in [0.5, 0.6) is 0 Å². The van der Waals surface area contributed by atoms with Crippen LogP contribution in [0, 0.1) is 17.3 Å². The van der Waals surface area contributed by atoms with E-state index in [1.807, 2.05) is 0 Å². The predicted molar refractivity (Wildman–Crippen MR) is 69.4 cm³/mol. The number of carbonyl (C=O) groups is 1. The van der Waals surface area contributed by atoms with E-state index in [0.717, 1.165) is 37.5 Å². The fourth-order valence-electron chi connectivity index (χ4n) is 3.43. The van der Waals surface area contributed by atoms with Gasteiger partial charge < -0.3 is 0 Å². The molecule has 1 nitrogen and oxygen atoms in total. The maximum absolute atomic E-state index is 11.6. The Labute approximate surface area is 101 Å². The molecule has 94 valence electrons. The van der Waals surface area contributed by atoms with Crippen LogP contribution in [0.1, 0.15) is 72.6 Å². The highest BCUT2D eigenvalue weighted by molar-refractivity contribution is 5.78. The van der Waals surface area contributed by atoms with Gasteiger partial charge in [-0.05, 0) is 36.5 Å². The number of Topliss-reactive ketones (excluding diaryl/α,β-unsaturated/α-hetero) is 1. The van der Waals surface area contributed by atoms with Crippen molar-refractivity contribution in [3.63, 3.8) is 0 Å². The Morgan fingerprint density at radius 1 is 1.31 bits per heavy atom. The van der Waals surface area contributed by atoms with E-state index in [-0.39, 0.29) is 0 Å². The second-order valence-electron chi connectivity index (χ2n) is 6.29. The molecule has 0 radical (unpaired) electrons. The van der Waals surface area contributed by atoms with E-state index in [9.17, 15) is 4.79 Å². The molecule has 1 aliphatic rings. The molecule has 0 heterocycles. The molecule has 1 unspecified atom stereocenters. The molecule has 0 saturated heterocycles. The molecule has 1 saturated carbocycles. The average Bonchev–Trinajstić information content (AvgIpc) is 2.16. The first-order chi connectivity index (χ1) is 7.47. The maximum atomic E-state index is 11.6. The number of carbonyl (C=O) groups excluding carboxylic acids is 1. The van der Waals surface area contributed by atoms with Gasteiger partial charge in [-0.2, -0.15) is 0 Å². The summed E-state index contributed by atoms with van der Waals surface area (Å²) in [5.41, 5.74) is 0.449. The van der Waals surface area contributed by atoms with Crippen molar-refractivity contribution in [1.82, 2.24) is 0 Å². The van der Waals surface area contributed by atoms with Gasteiger partial charge in [-0.15, -0.1) is 0 Å². The van der Waals surface area contributed by atoms with Crippen LogP contribution in [0.4, 0.5) is 0 Å². The molecule has 0 amide bonds. The van der Waals surface area contributed by atoms with Crippen LogP contribution in [0.25, 0.3) is 0 Å². The van der Waals surface area contributed by atoms with E-state index >= 15 is 0 Å². The number of ketones is 1. The van der Waals surface area contributed by atoms with Crippen molar-refractivity contribution in [2.75, 3.05) is 0 Å². The van der Waals surface area contributed by atoms with Crippen molar-refractivity contribution in [3.8, 4) is 0 Å². The summed E-state index contributed by atoms with van der Waals surface area (Å²) in [6.45, 7) is 9.23. The molecule has 2 atom stereocenters. The minimum atomic E-state index is 0.449. The van der Waals surface area contributed by atoms with Gasteiger partial charge in [-0.25, -0.2) is 0 Å². The van der Waals surface area contributed by atoms with Crippen LogP contribution in [0.15, 0.2) is 0 Å². The van der Waals surface area contributed by atoms with Gasteiger partial charge in [-0.3, -0.25) is 4.79 Å². The molecule has 1 rings (SSSR count). The number of rotatable bonds is 5. The van der Waals surface area contributed by atoms with Crippen molar-refractivity contribution >= 4 is 5.78 Å². The maximum Gasteiger partial charge on any atom is 0.132 e. The van der Waals surface area contributed by atoms with Crippen molar-refractivity contribution in [1.29, 1.82) is 0 Å².